The number of aromatic nitrogens is 1. The summed E-state index contributed by atoms with van der Waals surface area (Å²) in [6, 6.07) is 16.9. The van der Waals surface area contributed by atoms with Gasteiger partial charge in [0.05, 0.1) is 40.7 Å². The molecule has 5 amide bonds. The number of amides is 5. The number of rotatable bonds is 12. The van der Waals surface area contributed by atoms with Gasteiger partial charge >= 0.3 is 12.2 Å². The van der Waals surface area contributed by atoms with Gasteiger partial charge in [0, 0.05) is 62.0 Å². The molecule has 0 bridgehead atoms. The van der Waals surface area contributed by atoms with Crippen LogP contribution in [0.15, 0.2) is 66.9 Å². The number of carbonyl (C=O) groups excluding carboxylic acids is 4. The van der Waals surface area contributed by atoms with Gasteiger partial charge in [0.1, 0.15) is 11.3 Å². The minimum absolute atomic E-state index is 0.0162. The van der Waals surface area contributed by atoms with Crippen LogP contribution < -0.4 is 24.8 Å². The van der Waals surface area contributed by atoms with Crippen LogP contribution in [-0.4, -0.2) is 107 Å². The van der Waals surface area contributed by atoms with Gasteiger partial charge in [-0.05, 0) is 139 Å². The number of hydrogen-bond donors (Lipinski definition) is 2. The summed E-state index contributed by atoms with van der Waals surface area (Å²) in [5.41, 5.74) is -0.444. The number of nitrogens with zero attached hydrogens (tertiary/aromatic N) is 7. The summed E-state index contributed by atoms with van der Waals surface area (Å²) >= 11 is 5.65. The maximum atomic E-state index is 13.9. The van der Waals surface area contributed by atoms with Crippen LogP contribution in [0.25, 0.3) is 10.9 Å². The number of nitriles is 1. The molecular weight excluding hydrogens is 866 g/mol. The van der Waals surface area contributed by atoms with Crippen LogP contribution in [0.5, 0.6) is 5.75 Å². The molecule has 65 heavy (non-hydrogen) atoms. The zero-order chi connectivity index (χ0) is 47.4. The van der Waals surface area contributed by atoms with Gasteiger partial charge < -0.3 is 29.1 Å². The van der Waals surface area contributed by atoms with Crippen molar-refractivity contribution < 1.29 is 47.0 Å². The number of benzene rings is 3. The van der Waals surface area contributed by atoms with Crippen molar-refractivity contribution in [2.24, 2.45) is 5.92 Å². The van der Waals surface area contributed by atoms with Crippen LogP contribution in [0.1, 0.15) is 80.9 Å². The number of nitrogens with one attached hydrogen (secondary N) is 1. The monoisotopic (exact) mass is 916 g/mol. The van der Waals surface area contributed by atoms with Gasteiger partial charge in [0.25, 0.3) is 18.3 Å². The Bertz CT molecular complexity index is 2510. The Morgan fingerprint density at radius 1 is 1.05 bits per heavy atom. The van der Waals surface area contributed by atoms with E-state index in [1.54, 1.807) is 60.0 Å². The molecule has 2 N–H and O–H groups in total. The molecule has 7 rings (SSSR count). The number of carboxylic acid groups (broad SMARTS) is 1. The second-order valence-electron chi connectivity index (χ2n) is 16.9. The molecule has 0 unspecified atom stereocenters. The van der Waals surface area contributed by atoms with E-state index >= 15 is 0 Å². The van der Waals surface area contributed by atoms with E-state index in [0.29, 0.717) is 41.8 Å². The molecular formula is C46H51F3N8O7S. The smallest absolute Gasteiger partial charge is 0.417 e. The largest absolute Gasteiger partial charge is 0.494 e. The zero-order valence-electron chi connectivity index (χ0n) is 36.7. The maximum Gasteiger partial charge on any atom is 0.417 e. The molecule has 3 aliphatic rings. The van der Waals surface area contributed by atoms with Gasteiger partial charge in [0.2, 0.25) is 5.91 Å². The first kappa shape index (κ1) is 47.9. The number of imide groups is 1. The molecule has 344 valence electrons. The lowest BCUT2D eigenvalue weighted by Gasteiger charge is -2.34. The minimum Gasteiger partial charge on any atom is -0.494 e. The minimum atomic E-state index is -4.79. The predicted octanol–water partition coefficient (Wildman–Crippen LogP) is 7.43. The Kier molecular flexibility index (Phi) is 14.5. The van der Waals surface area contributed by atoms with Crippen molar-refractivity contribution in [2.45, 2.75) is 71.1 Å². The van der Waals surface area contributed by atoms with E-state index < -0.39 is 34.8 Å². The van der Waals surface area contributed by atoms with E-state index in [1.807, 2.05) is 25.4 Å². The number of thiocarbonyl (C=S) groups is 1. The molecule has 3 aliphatic heterocycles. The highest BCUT2D eigenvalue weighted by molar-refractivity contribution is 7.81. The lowest BCUT2D eigenvalue weighted by molar-refractivity contribution is -0.137. The Morgan fingerprint density at radius 3 is 2.32 bits per heavy atom. The highest BCUT2D eigenvalue weighted by atomic mass is 32.1. The van der Waals surface area contributed by atoms with Gasteiger partial charge in [0.15, 0.2) is 5.11 Å². The fraction of sp³-hybridized carbons (Fsp3) is 0.413. The number of urea groups is 1. The van der Waals surface area contributed by atoms with Crippen molar-refractivity contribution in [1.82, 2.24) is 19.7 Å². The molecule has 0 radical (unpaired) electrons. The number of ether oxygens (including phenoxy) is 1. The van der Waals surface area contributed by atoms with Gasteiger partial charge in [-0.25, -0.2) is 4.79 Å². The molecule has 19 heteroatoms. The molecule has 0 spiro atoms. The summed E-state index contributed by atoms with van der Waals surface area (Å²) in [4.78, 5) is 68.9. The number of piperidine rings is 1. The third-order valence-electron chi connectivity index (χ3n) is 11.9. The molecule has 0 aliphatic carbocycles. The van der Waals surface area contributed by atoms with Crippen molar-refractivity contribution in [2.75, 3.05) is 61.1 Å². The van der Waals surface area contributed by atoms with E-state index in [0.717, 1.165) is 66.8 Å². The molecule has 0 saturated carbocycles. The Morgan fingerprint density at radius 2 is 1.71 bits per heavy atom. The number of fused-ring (bicyclic) bond motifs is 1. The average Bonchev–Trinajstić information content (AvgIpc) is 3.77. The van der Waals surface area contributed by atoms with Crippen LogP contribution in [0.3, 0.4) is 0 Å². The number of likely N-dealkylation sites (tertiary alicyclic amines) is 1. The molecule has 1 aromatic heterocycles. The molecule has 0 atom stereocenters. The summed E-state index contributed by atoms with van der Waals surface area (Å²) < 4.78 is 49.3. The second kappa shape index (κ2) is 19.7. The van der Waals surface area contributed by atoms with E-state index in [4.69, 9.17) is 26.9 Å². The maximum absolute atomic E-state index is 13.9. The lowest BCUT2D eigenvalue weighted by Crippen LogP contribution is -2.49. The number of carbonyl (C=O) groups is 5. The van der Waals surface area contributed by atoms with Gasteiger partial charge in [-0.15, -0.1) is 0 Å². The van der Waals surface area contributed by atoms with E-state index in [1.165, 1.54) is 11.0 Å². The average molecular weight is 917 g/mol. The topological polar surface area (TPSA) is 172 Å². The first-order chi connectivity index (χ1) is 30.8. The van der Waals surface area contributed by atoms with E-state index in [9.17, 15) is 37.6 Å². The fourth-order valence-corrected chi connectivity index (χ4v) is 9.07. The SMILES string of the molecule is CC(C)n1ccc2c(N3CCC(=O)NC3=O)cc(C(=O)N(C)CC3CCN(CCCOc4ccc(N5C(=S)N(c6ccc(C#N)c(C(F)(F)F)c6)C(=O)C5(C)C)cc4)CC3)cc21.O=CO. The summed E-state index contributed by atoms with van der Waals surface area (Å²) in [5.74, 6) is -0.000548. The number of hydrogen-bond acceptors (Lipinski definition) is 9. The highest BCUT2D eigenvalue weighted by Gasteiger charge is 2.50. The highest BCUT2D eigenvalue weighted by Crippen LogP contribution is 2.40. The van der Waals surface area contributed by atoms with Gasteiger partial charge in [-0.3, -0.25) is 34.3 Å². The summed E-state index contributed by atoms with van der Waals surface area (Å²) in [6.45, 7) is 11.1. The number of alkyl halides is 3. The van der Waals surface area contributed by atoms with Crippen molar-refractivity contribution in [3.05, 3.63) is 83.6 Å². The normalized spacial score (nSPS) is 17.0. The number of halogens is 3. The van der Waals surface area contributed by atoms with Gasteiger partial charge in [-0.1, -0.05) is 0 Å². The fourth-order valence-electron chi connectivity index (χ4n) is 8.55. The van der Waals surface area contributed by atoms with E-state index in [2.05, 4.69) is 28.6 Å². The Balaban J connectivity index is 0.00000227. The van der Waals surface area contributed by atoms with Crippen molar-refractivity contribution >= 4 is 75.5 Å². The summed E-state index contributed by atoms with van der Waals surface area (Å²) in [7, 11) is 1.82. The lowest BCUT2D eigenvalue weighted by atomic mass is 9.96. The summed E-state index contributed by atoms with van der Waals surface area (Å²) in [5, 5.41) is 19.4. The van der Waals surface area contributed by atoms with Crippen LogP contribution >= 0.6 is 12.2 Å². The molecule has 3 saturated heterocycles. The van der Waals surface area contributed by atoms with Crippen molar-refractivity contribution in [3.63, 3.8) is 0 Å². The Labute approximate surface area is 379 Å². The summed E-state index contributed by atoms with van der Waals surface area (Å²) in [6.07, 6.45) is 0.00982. The van der Waals surface area contributed by atoms with Crippen LogP contribution in [0, 0.1) is 17.2 Å². The molecule has 4 aromatic rings. The van der Waals surface area contributed by atoms with Crippen LogP contribution in [0.2, 0.25) is 0 Å². The first-order valence-corrected chi connectivity index (χ1v) is 21.6. The van der Waals surface area contributed by atoms with Crippen LogP contribution in [0.4, 0.5) is 35.0 Å². The van der Waals surface area contributed by atoms with Crippen molar-refractivity contribution in [3.8, 4) is 11.8 Å². The third-order valence-corrected chi connectivity index (χ3v) is 12.3. The van der Waals surface area contributed by atoms with Crippen LogP contribution in [-0.2, 0) is 20.6 Å². The zero-order valence-corrected chi connectivity index (χ0v) is 37.5. The molecule has 4 heterocycles. The predicted molar refractivity (Wildman–Crippen MR) is 242 cm³/mol. The standard InChI is InChI=1S/C45H49F3N8O5S.CH2O2/c1-28(2)53-20-15-35-37(53)23-31(24-38(35)54-21-16-39(57)50-42(54)60)40(58)51(5)27-29-13-18-52(19-14-29)17-6-22-61-34-11-9-32(10-12-34)56-43(62)55(41(59)44(56,3)4)33-8-7-30(26-49)36(25-33)45(46,47)48;2-1-3/h7-12,15,20,23-25,28-29H,6,13-14,16-19,21-22,27H2,1-5H3,(H,50,57,60);1H,(H,2,3). The van der Waals surface area contributed by atoms with Gasteiger partial charge in [-0.2, -0.15) is 18.4 Å². The molecule has 15 nitrogen and oxygen atoms in total. The molecule has 3 aromatic carbocycles. The molecule has 3 fully saturated rings. The van der Waals surface area contributed by atoms with E-state index in [-0.39, 0.29) is 48.1 Å². The first-order valence-electron chi connectivity index (χ1n) is 21.1. The van der Waals surface area contributed by atoms with Crippen molar-refractivity contribution in [1.29, 1.82) is 5.26 Å². The quantitative estimate of drug-likeness (QED) is 0.0823. The Hall–Kier alpha value is -6.52. The third kappa shape index (κ3) is 10.2. The number of anilines is 3. The second-order valence-corrected chi connectivity index (χ2v) is 17.3.